The second kappa shape index (κ2) is 4.89. The molecule has 1 atom stereocenters. The van der Waals surface area contributed by atoms with E-state index in [2.05, 4.69) is 10.3 Å². The molecule has 0 radical (unpaired) electrons. The summed E-state index contributed by atoms with van der Waals surface area (Å²) in [5.74, 6) is -1.01. The fourth-order valence-corrected chi connectivity index (χ4v) is 1.61. The lowest BCUT2D eigenvalue weighted by Gasteiger charge is -2.25. The third-order valence-corrected chi connectivity index (χ3v) is 3.17. The fourth-order valence-electron chi connectivity index (χ4n) is 1.61. The van der Waals surface area contributed by atoms with E-state index in [1.807, 2.05) is 13.8 Å². The van der Waals surface area contributed by atoms with E-state index in [0.29, 0.717) is 17.5 Å². The maximum Gasteiger partial charge on any atom is 0.335 e. The van der Waals surface area contributed by atoms with E-state index in [4.69, 9.17) is 9.52 Å². The van der Waals surface area contributed by atoms with E-state index in [0.717, 1.165) is 0 Å². The monoisotopic (exact) mass is 264 g/mol. The molecule has 0 saturated carbocycles. The molecular formula is C13H16N2O4. The van der Waals surface area contributed by atoms with Gasteiger partial charge in [0.2, 0.25) is 0 Å². The van der Waals surface area contributed by atoms with E-state index >= 15 is 0 Å². The largest absolute Gasteiger partial charge is 0.478 e. The number of carbonyl (C=O) groups is 1. The zero-order valence-corrected chi connectivity index (χ0v) is 10.8. The van der Waals surface area contributed by atoms with Crippen LogP contribution in [0.15, 0.2) is 22.6 Å². The highest BCUT2D eigenvalue weighted by Crippen LogP contribution is 2.23. The number of aliphatic hydroxyl groups excluding tert-OH is 1. The topological polar surface area (TPSA) is 95.6 Å². The summed E-state index contributed by atoms with van der Waals surface area (Å²) in [5.41, 5.74) is 0.606. The predicted octanol–water partition coefficient (Wildman–Crippen LogP) is 2.10. The summed E-state index contributed by atoms with van der Waals surface area (Å²) in [5, 5.41) is 21.2. The molecular weight excluding hydrogens is 248 g/mol. The van der Waals surface area contributed by atoms with Crippen molar-refractivity contribution in [2.75, 3.05) is 11.9 Å². The highest BCUT2D eigenvalue weighted by Gasteiger charge is 2.23. The minimum absolute atomic E-state index is 0.0530. The van der Waals surface area contributed by atoms with Crippen molar-refractivity contribution >= 4 is 23.1 Å². The number of hydrogen-bond acceptors (Lipinski definition) is 5. The molecule has 19 heavy (non-hydrogen) atoms. The van der Waals surface area contributed by atoms with E-state index in [9.17, 15) is 9.90 Å². The Hall–Kier alpha value is -2.08. The van der Waals surface area contributed by atoms with Crippen molar-refractivity contribution in [3.8, 4) is 0 Å². The highest BCUT2D eigenvalue weighted by molar-refractivity contribution is 5.92. The maximum absolute atomic E-state index is 10.9. The van der Waals surface area contributed by atoms with Crippen LogP contribution in [0.4, 0.5) is 6.01 Å². The zero-order chi connectivity index (χ0) is 14.0. The van der Waals surface area contributed by atoms with Crippen molar-refractivity contribution in [3.63, 3.8) is 0 Å². The second-order valence-electron chi connectivity index (χ2n) is 4.70. The van der Waals surface area contributed by atoms with E-state index in [-0.39, 0.29) is 18.2 Å². The van der Waals surface area contributed by atoms with Crippen LogP contribution in [0, 0.1) is 0 Å². The van der Waals surface area contributed by atoms with Gasteiger partial charge in [-0.25, -0.2) is 4.79 Å². The summed E-state index contributed by atoms with van der Waals surface area (Å²) >= 11 is 0. The first-order valence-electron chi connectivity index (χ1n) is 6.00. The third-order valence-electron chi connectivity index (χ3n) is 3.17. The van der Waals surface area contributed by atoms with E-state index in [1.54, 1.807) is 6.07 Å². The number of fused-ring (bicyclic) bond motifs is 1. The Labute approximate surface area is 110 Å². The molecule has 0 aliphatic carbocycles. The Morgan fingerprint density at radius 1 is 1.53 bits per heavy atom. The number of nitrogens with one attached hydrogen (secondary N) is 1. The number of anilines is 1. The van der Waals surface area contributed by atoms with Crippen LogP contribution in [0.3, 0.4) is 0 Å². The van der Waals surface area contributed by atoms with Gasteiger partial charge in [-0.05, 0) is 31.5 Å². The van der Waals surface area contributed by atoms with Gasteiger partial charge in [-0.15, -0.1) is 0 Å². The SMILES string of the molecule is CCC(C)(CO)Nc1nc2ccc(C(=O)O)cc2o1. The van der Waals surface area contributed by atoms with Gasteiger partial charge in [-0.1, -0.05) is 6.92 Å². The van der Waals surface area contributed by atoms with Crippen LogP contribution in [-0.2, 0) is 0 Å². The Morgan fingerprint density at radius 3 is 2.84 bits per heavy atom. The smallest absolute Gasteiger partial charge is 0.335 e. The zero-order valence-electron chi connectivity index (χ0n) is 10.8. The molecule has 0 aliphatic heterocycles. The lowest BCUT2D eigenvalue weighted by atomic mass is 10.0. The summed E-state index contributed by atoms with van der Waals surface area (Å²) in [6, 6.07) is 4.77. The highest BCUT2D eigenvalue weighted by atomic mass is 16.4. The molecule has 6 nitrogen and oxygen atoms in total. The number of rotatable bonds is 5. The number of carboxylic acid groups (broad SMARTS) is 1. The molecule has 0 bridgehead atoms. The molecule has 1 aromatic carbocycles. The molecule has 0 saturated heterocycles. The third kappa shape index (κ3) is 2.68. The van der Waals surface area contributed by atoms with Gasteiger partial charge >= 0.3 is 5.97 Å². The number of hydrogen-bond donors (Lipinski definition) is 3. The molecule has 2 rings (SSSR count). The van der Waals surface area contributed by atoms with Gasteiger partial charge in [-0.3, -0.25) is 0 Å². The van der Waals surface area contributed by atoms with Crippen LogP contribution in [-0.4, -0.2) is 33.3 Å². The molecule has 0 aliphatic rings. The van der Waals surface area contributed by atoms with Crippen LogP contribution >= 0.6 is 0 Å². The first kappa shape index (κ1) is 13.4. The number of aromatic nitrogens is 1. The van der Waals surface area contributed by atoms with Gasteiger partial charge in [0, 0.05) is 0 Å². The standard InChI is InChI=1S/C13H16N2O4/c1-3-13(2,7-16)15-12-14-9-5-4-8(11(17)18)6-10(9)19-12/h4-6,16H,3,7H2,1-2H3,(H,14,15)(H,17,18). The quantitative estimate of drug-likeness (QED) is 0.765. The predicted molar refractivity (Wildman–Crippen MR) is 70.4 cm³/mol. The van der Waals surface area contributed by atoms with Crippen LogP contribution in [0.5, 0.6) is 0 Å². The van der Waals surface area contributed by atoms with Crippen LogP contribution < -0.4 is 5.32 Å². The van der Waals surface area contributed by atoms with Gasteiger partial charge in [0.15, 0.2) is 5.58 Å². The van der Waals surface area contributed by atoms with Gasteiger partial charge < -0.3 is 19.9 Å². The fraction of sp³-hybridized carbons (Fsp3) is 0.385. The molecule has 1 aromatic heterocycles. The molecule has 6 heteroatoms. The summed E-state index contributed by atoms with van der Waals surface area (Å²) in [6.45, 7) is 3.74. The number of oxazole rings is 1. The number of nitrogens with zero attached hydrogens (tertiary/aromatic N) is 1. The number of aliphatic hydroxyl groups is 1. The average molecular weight is 264 g/mol. The van der Waals surface area contributed by atoms with Crippen LogP contribution in [0.1, 0.15) is 30.6 Å². The summed E-state index contributed by atoms with van der Waals surface area (Å²) in [7, 11) is 0. The van der Waals surface area contributed by atoms with Crippen LogP contribution in [0.2, 0.25) is 0 Å². The van der Waals surface area contributed by atoms with Crippen molar-refractivity contribution in [3.05, 3.63) is 23.8 Å². The Bertz CT molecular complexity index is 602. The summed E-state index contributed by atoms with van der Waals surface area (Å²) in [6.07, 6.45) is 0.697. The van der Waals surface area contributed by atoms with Crippen molar-refractivity contribution in [2.24, 2.45) is 0 Å². The van der Waals surface area contributed by atoms with Gasteiger partial charge in [0.05, 0.1) is 17.7 Å². The normalized spacial score (nSPS) is 14.3. The molecule has 0 amide bonds. The Morgan fingerprint density at radius 2 is 2.26 bits per heavy atom. The van der Waals surface area contributed by atoms with Crippen molar-refractivity contribution in [1.29, 1.82) is 0 Å². The number of carboxylic acids is 1. The van der Waals surface area contributed by atoms with Crippen molar-refractivity contribution < 1.29 is 19.4 Å². The lowest BCUT2D eigenvalue weighted by Crippen LogP contribution is -2.38. The number of aromatic carboxylic acids is 1. The summed E-state index contributed by atoms with van der Waals surface area (Å²) < 4.78 is 5.46. The average Bonchev–Trinajstić information content (AvgIpc) is 2.79. The molecule has 2 aromatic rings. The minimum Gasteiger partial charge on any atom is -0.478 e. The maximum atomic E-state index is 10.9. The molecule has 0 fully saturated rings. The Balaban J connectivity index is 2.34. The van der Waals surface area contributed by atoms with E-state index in [1.165, 1.54) is 12.1 Å². The van der Waals surface area contributed by atoms with Gasteiger partial charge in [0.1, 0.15) is 5.52 Å². The summed E-state index contributed by atoms with van der Waals surface area (Å²) in [4.78, 5) is 15.1. The Kier molecular flexibility index (Phi) is 3.44. The van der Waals surface area contributed by atoms with Gasteiger partial charge in [0.25, 0.3) is 6.01 Å². The lowest BCUT2D eigenvalue weighted by molar-refractivity contribution is 0.0697. The second-order valence-corrected chi connectivity index (χ2v) is 4.70. The first-order valence-corrected chi connectivity index (χ1v) is 6.00. The van der Waals surface area contributed by atoms with Crippen molar-refractivity contribution in [1.82, 2.24) is 4.98 Å². The molecule has 1 unspecified atom stereocenters. The van der Waals surface area contributed by atoms with Gasteiger partial charge in [-0.2, -0.15) is 4.98 Å². The van der Waals surface area contributed by atoms with E-state index < -0.39 is 11.5 Å². The molecule has 102 valence electrons. The first-order chi connectivity index (χ1) is 8.97. The minimum atomic E-state index is -1.01. The molecule has 0 spiro atoms. The number of benzene rings is 1. The molecule has 1 heterocycles. The van der Waals surface area contributed by atoms with Crippen molar-refractivity contribution in [2.45, 2.75) is 25.8 Å². The molecule has 3 N–H and O–H groups in total. The van der Waals surface area contributed by atoms with Crippen LogP contribution in [0.25, 0.3) is 11.1 Å².